The summed E-state index contributed by atoms with van der Waals surface area (Å²) in [7, 11) is 1.43. The maximum Gasteiger partial charge on any atom is 0.330 e. The first-order valence-electron chi connectivity index (χ1n) is 4.99. The largest absolute Gasteiger partial charge is 0.466 e. The zero-order valence-corrected chi connectivity index (χ0v) is 8.51. The van der Waals surface area contributed by atoms with Crippen molar-refractivity contribution in [3.05, 3.63) is 11.6 Å². The normalized spacial score (nSPS) is 26.9. The quantitative estimate of drug-likeness (QED) is 0.354. The molecule has 1 unspecified atom stereocenters. The Morgan fingerprint density at radius 1 is 1.46 bits per heavy atom. The second kappa shape index (κ2) is 5.05. The first-order chi connectivity index (χ1) is 6.22. The van der Waals surface area contributed by atoms with Crippen molar-refractivity contribution >= 4 is 5.97 Å². The molecule has 0 N–H and O–H groups in total. The summed E-state index contributed by atoms with van der Waals surface area (Å²) >= 11 is 0. The van der Waals surface area contributed by atoms with Crippen molar-refractivity contribution < 1.29 is 9.53 Å². The Morgan fingerprint density at radius 2 is 2.23 bits per heavy atom. The fraction of sp³-hybridized carbons (Fsp3) is 0.727. The molecule has 0 aliphatic heterocycles. The first kappa shape index (κ1) is 10.3. The van der Waals surface area contributed by atoms with Crippen LogP contribution in [0.1, 0.15) is 39.0 Å². The van der Waals surface area contributed by atoms with E-state index in [4.69, 9.17) is 0 Å². The molecule has 0 aromatic rings. The van der Waals surface area contributed by atoms with E-state index in [2.05, 4.69) is 11.7 Å². The monoisotopic (exact) mass is 182 g/mol. The molecule has 0 spiro atoms. The third-order valence-electron chi connectivity index (χ3n) is 2.68. The molecule has 0 amide bonds. The van der Waals surface area contributed by atoms with E-state index in [1.165, 1.54) is 31.9 Å². The summed E-state index contributed by atoms with van der Waals surface area (Å²) < 4.78 is 4.61. The van der Waals surface area contributed by atoms with Gasteiger partial charge in [0.1, 0.15) is 0 Å². The van der Waals surface area contributed by atoms with Gasteiger partial charge in [-0.15, -0.1) is 0 Å². The average molecular weight is 182 g/mol. The highest BCUT2D eigenvalue weighted by Crippen LogP contribution is 2.26. The zero-order valence-electron chi connectivity index (χ0n) is 8.51. The van der Waals surface area contributed by atoms with Crippen molar-refractivity contribution in [3.63, 3.8) is 0 Å². The molecule has 0 heterocycles. The summed E-state index contributed by atoms with van der Waals surface area (Å²) in [6.07, 6.45) is 7.51. The summed E-state index contributed by atoms with van der Waals surface area (Å²) in [6.45, 7) is 2.28. The van der Waals surface area contributed by atoms with Gasteiger partial charge in [-0.05, 0) is 31.6 Å². The Bertz CT molecular complexity index is 206. The molecule has 1 rings (SSSR count). The Morgan fingerprint density at radius 3 is 2.92 bits per heavy atom. The molecule has 0 bridgehead atoms. The molecule has 1 fully saturated rings. The van der Waals surface area contributed by atoms with Crippen LogP contribution in [0.15, 0.2) is 11.6 Å². The first-order valence-corrected chi connectivity index (χ1v) is 4.99. The Balaban J connectivity index is 2.50. The molecule has 74 valence electrons. The van der Waals surface area contributed by atoms with E-state index in [9.17, 15) is 4.79 Å². The van der Waals surface area contributed by atoms with E-state index in [0.29, 0.717) is 0 Å². The van der Waals surface area contributed by atoms with Crippen LogP contribution in [0, 0.1) is 5.92 Å². The molecule has 1 atom stereocenters. The number of methoxy groups -OCH3 is 1. The third kappa shape index (κ3) is 3.62. The topological polar surface area (TPSA) is 26.3 Å². The molecule has 0 aromatic heterocycles. The molecule has 2 heteroatoms. The minimum Gasteiger partial charge on any atom is -0.466 e. The standard InChI is InChI=1S/C11H18O2/c1-9-4-3-5-10(7-6-9)8-11(12)13-2/h8-9H,3-7H2,1-2H3. The van der Waals surface area contributed by atoms with Crippen LogP contribution in [0.5, 0.6) is 0 Å². The van der Waals surface area contributed by atoms with Gasteiger partial charge in [0, 0.05) is 6.08 Å². The molecule has 1 aliphatic rings. The van der Waals surface area contributed by atoms with E-state index in [0.717, 1.165) is 18.8 Å². The summed E-state index contributed by atoms with van der Waals surface area (Å²) in [5, 5.41) is 0. The molecular formula is C11H18O2. The lowest BCUT2D eigenvalue weighted by Gasteiger charge is -2.03. The molecule has 2 nitrogen and oxygen atoms in total. The van der Waals surface area contributed by atoms with Gasteiger partial charge in [0.05, 0.1) is 7.11 Å². The highest BCUT2D eigenvalue weighted by Gasteiger charge is 2.11. The van der Waals surface area contributed by atoms with Gasteiger partial charge in [-0.25, -0.2) is 4.79 Å². The van der Waals surface area contributed by atoms with E-state index in [1.54, 1.807) is 6.08 Å². The van der Waals surface area contributed by atoms with Crippen LogP contribution in [-0.2, 0) is 9.53 Å². The van der Waals surface area contributed by atoms with Gasteiger partial charge in [0.15, 0.2) is 0 Å². The SMILES string of the molecule is COC(=O)C=C1CCCC(C)CC1. The van der Waals surface area contributed by atoms with Gasteiger partial charge in [0.25, 0.3) is 0 Å². The van der Waals surface area contributed by atoms with Gasteiger partial charge in [-0.2, -0.15) is 0 Å². The number of carbonyl (C=O) groups excluding carboxylic acids is 1. The molecule has 0 saturated heterocycles. The Kier molecular flexibility index (Phi) is 4.00. The molecule has 1 aliphatic carbocycles. The van der Waals surface area contributed by atoms with Crippen LogP contribution in [-0.4, -0.2) is 13.1 Å². The molecule has 0 aromatic carbocycles. The maximum atomic E-state index is 11.0. The minimum atomic E-state index is -0.204. The number of esters is 1. The van der Waals surface area contributed by atoms with Crippen LogP contribution in [0.2, 0.25) is 0 Å². The molecule has 1 saturated carbocycles. The predicted octanol–water partition coefficient (Wildman–Crippen LogP) is 2.69. The second-order valence-electron chi connectivity index (χ2n) is 3.86. The van der Waals surface area contributed by atoms with Gasteiger partial charge in [-0.1, -0.05) is 18.9 Å². The number of carbonyl (C=O) groups is 1. The predicted molar refractivity (Wildman–Crippen MR) is 52.3 cm³/mol. The molecular weight excluding hydrogens is 164 g/mol. The third-order valence-corrected chi connectivity index (χ3v) is 2.68. The highest BCUT2D eigenvalue weighted by molar-refractivity contribution is 5.82. The summed E-state index contributed by atoms with van der Waals surface area (Å²) in [5.41, 5.74) is 1.26. The molecule has 0 radical (unpaired) electrons. The van der Waals surface area contributed by atoms with Gasteiger partial charge in [0.2, 0.25) is 0 Å². The summed E-state index contributed by atoms with van der Waals surface area (Å²) in [5.74, 6) is 0.605. The van der Waals surface area contributed by atoms with Crippen LogP contribution < -0.4 is 0 Å². The van der Waals surface area contributed by atoms with E-state index >= 15 is 0 Å². The van der Waals surface area contributed by atoms with Crippen molar-refractivity contribution in [1.29, 1.82) is 0 Å². The van der Waals surface area contributed by atoms with Crippen molar-refractivity contribution in [3.8, 4) is 0 Å². The lowest BCUT2D eigenvalue weighted by molar-refractivity contribution is -0.134. The van der Waals surface area contributed by atoms with Crippen molar-refractivity contribution in [2.45, 2.75) is 39.0 Å². The number of rotatable bonds is 1. The van der Waals surface area contributed by atoms with Gasteiger partial charge < -0.3 is 4.74 Å². The number of allylic oxidation sites excluding steroid dienone is 1. The fourth-order valence-corrected chi connectivity index (χ4v) is 1.75. The zero-order chi connectivity index (χ0) is 9.68. The minimum absolute atomic E-state index is 0.204. The Labute approximate surface area is 80.0 Å². The summed E-state index contributed by atoms with van der Waals surface area (Å²) in [4.78, 5) is 11.0. The highest BCUT2D eigenvalue weighted by atomic mass is 16.5. The maximum absolute atomic E-state index is 11.0. The fourth-order valence-electron chi connectivity index (χ4n) is 1.75. The number of hydrogen-bond acceptors (Lipinski definition) is 2. The van der Waals surface area contributed by atoms with Crippen LogP contribution >= 0.6 is 0 Å². The summed E-state index contributed by atoms with van der Waals surface area (Å²) in [6, 6.07) is 0. The Hall–Kier alpha value is -0.790. The van der Waals surface area contributed by atoms with Crippen LogP contribution in [0.3, 0.4) is 0 Å². The van der Waals surface area contributed by atoms with E-state index < -0.39 is 0 Å². The van der Waals surface area contributed by atoms with Crippen LogP contribution in [0.25, 0.3) is 0 Å². The van der Waals surface area contributed by atoms with Crippen molar-refractivity contribution in [1.82, 2.24) is 0 Å². The second-order valence-corrected chi connectivity index (χ2v) is 3.86. The molecule has 13 heavy (non-hydrogen) atoms. The van der Waals surface area contributed by atoms with E-state index in [-0.39, 0.29) is 5.97 Å². The van der Waals surface area contributed by atoms with Crippen molar-refractivity contribution in [2.24, 2.45) is 5.92 Å². The van der Waals surface area contributed by atoms with Gasteiger partial charge >= 0.3 is 5.97 Å². The van der Waals surface area contributed by atoms with Crippen LogP contribution in [0.4, 0.5) is 0 Å². The number of hydrogen-bond donors (Lipinski definition) is 0. The lowest BCUT2D eigenvalue weighted by Crippen LogP contribution is -1.97. The lowest BCUT2D eigenvalue weighted by atomic mass is 10.0. The van der Waals surface area contributed by atoms with Crippen molar-refractivity contribution in [2.75, 3.05) is 7.11 Å². The number of ether oxygens (including phenoxy) is 1. The average Bonchev–Trinajstić information content (AvgIpc) is 2.31. The van der Waals surface area contributed by atoms with Gasteiger partial charge in [-0.3, -0.25) is 0 Å². The van der Waals surface area contributed by atoms with E-state index in [1.807, 2.05) is 0 Å². The smallest absolute Gasteiger partial charge is 0.330 e.